The molecule has 1 aromatic rings. The molecule has 2 rings (SSSR count). The van der Waals surface area contributed by atoms with Crippen LogP contribution in [0, 0.1) is 12.8 Å². The molecule has 4 heteroatoms. The fourth-order valence-corrected chi connectivity index (χ4v) is 2.04. The highest BCUT2D eigenvalue weighted by Gasteiger charge is 2.20. The van der Waals surface area contributed by atoms with E-state index >= 15 is 0 Å². The fourth-order valence-electron chi connectivity index (χ4n) is 2.04. The van der Waals surface area contributed by atoms with E-state index in [9.17, 15) is 4.79 Å². The first kappa shape index (κ1) is 11.9. The van der Waals surface area contributed by atoms with Crippen LogP contribution >= 0.6 is 0 Å². The molecule has 0 unspecified atom stereocenters. The number of piperidine rings is 1. The molecule has 0 spiro atoms. The molecule has 1 saturated heterocycles. The van der Waals surface area contributed by atoms with Crippen molar-refractivity contribution in [2.24, 2.45) is 5.92 Å². The van der Waals surface area contributed by atoms with Crippen LogP contribution in [0.3, 0.4) is 0 Å². The zero-order valence-electron chi connectivity index (χ0n) is 10.4. The van der Waals surface area contributed by atoms with E-state index in [0.29, 0.717) is 0 Å². The summed E-state index contributed by atoms with van der Waals surface area (Å²) in [5.74, 6) is 0.736. The largest absolute Gasteiger partial charge is 0.325 e. The molecular weight excluding hydrogens is 214 g/mol. The van der Waals surface area contributed by atoms with Crippen molar-refractivity contribution in [2.75, 3.05) is 18.4 Å². The summed E-state index contributed by atoms with van der Waals surface area (Å²) in [4.78, 5) is 17.9. The van der Waals surface area contributed by atoms with Gasteiger partial charge in [-0.05, 0) is 37.3 Å². The second-order valence-corrected chi connectivity index (χ2v) is 4.85. The number of urea groups is 1. The molecule has 1 fully saturated rings. The highest BCUT2D eigenvalue weighted by Crippen LogP contribution is 2.17. The van der Waals surface area contributed by atoms with E-state index in [1.54, 1.807) is 12.4 Å². The number of hydrogen-bond donors (Lipinski definition) is 1. The molecule has 92 valence electrons. The van der Waals surface area contributed by atoms with Crippen LogP contribution in [0.4, 0.5) is 10.5 Å². The van der Waals surface area contributed by atoms with Crippen molar-refractivity contribution in [3.63, 3.8) is 0 Å². The molecule has 17 heavy (non-hydrogen) atoms. The average molecular weight is 233 g/mol. The van der Waals surface area contributed by atoms with Gasteiger partial charge >= 0.3 is 6.03 Å². The number of nitrogens with zero attached hydrogens (tertiary/aromatic N) is 2. The molecule has 0 radical (unpaired) electrons. The Morgan fingerprint density at radius 1 is 1.41 bits per heavy atom. The third-order valence-electron chi connectivity index (χ3n) is 3.20. The van der Waals surface area contributed by atoms with Crippen molar-refractivity contribution in [3.8, 4) is 0 Å². The maximum Gasteiger partial charge on any atom is 0.321 e. The first-order valence-electron chi connectivity index (χ1n) is 6.13. The van der Waals surface area contributed by atoms with E-state index in [0.717, 1.165) is 43.1 Å². The molecule has 2 heterocycles. The lowest BCUT2D eigenvalue weighted by molar-refractivity contribution is 0.186. The van der Waals surface area contributed by atoms with Crippen molar-refractivity contribution in [1.82, 2.24) is 9.88 Å². The summed E-state index contributed by atoms with van der Waals surface area (Å²) >= 11 is 0. The van der Waals surface area contributed by atoms with Gasteiger partial charge in [-0.3, -0.25) is 4.98 Å². The van der Waals surface area contributed by atoms with Crippen molar-refractivity contribution < 1.29 is 4.79 Å². The Morgan fingerprint density at radius 3 is 2.76 bits per heavy atom. The second kappa shape index (κ2) is 5.17. The number of likely N-dealkylation sites (tertiary alicyclic amines) is 1. The zero-order valence-corrected chi connectivity index (χ0v) is 10.4. The maximum absolute atomic E-state index is 12.0. The van der Waals surface area contributed by atoms with E-state index in [-0.39, 0.29) is 6.03 Å². The van der Waals surface area contributed by atoms with Crippen molar-refractivity contribution >= 4 is 11.7 Å². The topological polar surface area (TPSA) is 45.2 Å². The third kappa shape index (κ3) is 3.19. The molecular formula is C13H19N3O. The van der Waals surface area contributed by atoms with E-state index in [4.69, 9.17) is 0 Å². The number of amides is 2. The van der Waals surface area contributed by atoms with Crippen LogP contribution in [0.1, 0.15) is 25.3 Å². The van der Waals surface area contributed by atoms with Crippen molar-refractivity contribution in [3.05, 3.63) is 24.0 Å². The summed E-state index contributed by atoms with van der Waals surface area (Å²) in [5.41, 5.74) is 1.82. The van der Waals surface area contributed by atoms with Crippen LogP contribution in [-0.4, -0.2) is 29.0 Å². The van der Waals surface area contributed by atoms with Crippen molar-refractivity contribution in [2.45, 2.75) is 26.7 Å². The van der Waals surface area contributed by atoms with Gasteiger partial charge in [-0.15, -0.1) is 0 Å². The van der Waals surface area contributed by atoms with E-state index in [2.05, 4.69) is 17.2 Å². The molecule has 0 aromatic carbocycles. The molecule has 0 bridgehead atoms. The number of carbonyl (C=O) groups is 1. The number of rotatable bonds is 1. The van der Waals surface area contributed by atoms with Crippen LogP contribution in [-0.2, 0) is 0 Å². The molecule has 0 aliphatic carbocycles. The molecule has 1 N–H and O–H groups in total. The summed E-state index contributed by atoms with van der Waals surface area (Å²) in [5, 5.41) is 2.89. The second-order valence-electron chi connectivity index (χ2n) is 4.85. The maximum atomic E-state index is 12.0. The van der Waals surface area contributed by atoms with E-state index < -0.39 is 0 Å². The Labute approximate surface area is 102 Å². The number of nitrogens with one attached hydrogen (secondary N) is 1. The molecule has 1 aliphatic heterocycles. The smallest absolute Gasteiger partial charge is 0.321 e. The van der Waals surface area contributed by atoms with Gasteiger partial charge in [0.2, 0.25) is 0 Å². The number of pyridine rings is 1. The SMILES string of the molecule is Cc1cncc(NC(=O)N2CCC(C)CC2)c1. The number of aromatic nitrogens is 1. The van der Waals surface area contributed by atoms with Gasteiger partial charge in [0, 0.05) is 19.3 Å². The van der Waals surface area contributed by atoms with Crippen LogP contribution < -0.4 is 5.32 Å². The monoisotopic (exact) mass is 233 g/mol. The van der Waals surface area contributed by atoms with Gasteiger partial charge in [-0.2, -0.15) is 0 Å². The van der Waals surface area contributed by atoms with Gasteiger partial charge in [0.25, 0.3) is 0 Å². The molecule has 2 amide bonds. The lowest BCUT2D eigenvalue weighted by Gasteiger charge is -2.30. The first-order chi connectivity index (χ1) is 8.15. The predicted molar refractivity (Wildman–Crippen MR) is 68.0 cm³/mol. The van der Waals surface area contributed by atoms with E-state index in [1.165, 1.54) is 0 Å². The molecule has 1 aliphatic rings. The van der Waals surface area contributed by atoms with Gasteiger partial charge < -0.3 is 10.2 Å². The lowest BCUT2D eigenvalue weighted by Crippen LogP contribution is -2.40. The number of anilines is 1. The average Bonchev–Trinajstić information content (AvgIpc) is 2.29. The van der Waals surface area contributed by atoms with Gasteiger partial charge in [0.15, 0.2) is 0 Å². The lowest BCUT2D eigenvalue weighted by atomic mass is 10.00. The summed E-state index contributed by atoms with van der Waals surface area (Å²) in [6.07, 6.45) is 5.65. The Morgan fingerprint density at radius 2 is 2.12 bits per heavy atom. The molecule has 1 aromatic heterocycles. The van der Waals surface area contributed by atoms with Crippen LogP contribution in [0.5, 0.6) is 0 Å². The third-order valence-corrected chi connectivity index (χ3v) is 3.20. The minimum absolute atomic E-state index is 0.00991. The standard InChI is InChI=1S/C13H19N3O/c1-10-3-5-16(6-4-10)13(17)15-12-7-11(2)8-14-9-12/h7-10H,3-6H2,1-2H3,(H,15,17). The number of aryl methyl sites for hydroxylation is 1. The predicted octanol–water partition coefficient (Wildman–Crippen LogP) is 2.65. The van der Waals surface area contributed by atoms with E-state index in [1.807, 2.05) is 17.9 Å². The summed E-state index contributed by atoms with van der Waals surface area (Å²) in [7, 11) is 0. The summed E-state index contributed by atoms with van der Waals surface area (Å²) < 4.78 is 0. The molecule has 4 nitrogen and oxygen atoms in total. The highest BCUT2D eigenvalue weighted by molar-refractivity contribution is 5.89. The van der Waals surface area contributed by atoms with Crippen LogP contribution in [0.25, 0.3) is 0 Å². The minimum atomic E-state index is -0.00991. The number of hydrogen-bond acceptors (Lipinski definition) is 2. The first-order valence-corrected chi connectivity index (χ1v) is 6.13. The Balaban J connectivity index is 1.93. The summed E-state index contributed by atoms with van der Waals surface area (Å²) in [6.45, 7) is 5.91. The summed E-state index contributed by atoms with van der Waals surface area (Å²) in [6, 6.07) is 1.92. The molecule has 0 atom stereocenters. The number of carbonyl (C=O) groups excluding carboxylic acids is 1. The highest BCUT2D eigenvalue weighted by atomic mass is 16.2. The zero-order chi connectivity index (χ0) is 12.3. The normalized spacial score (nSPS) is 16.9. The van der Waals surface area contributed by atoms with Crippen LogP contribution in [0.2, 0.25) is 0 Å². The van der Waals surface area contributed by atoms with Gasteiger partial charge in [-0.25, -0.2) is 4.79 Å². The Kier molecular flexibility index (Phi) is 3.61. The Hall–Kier alpha value is -1.58. The minimum Gasteiger partial charge on any atom is -0.325 e. The van der Waals surface area contributed by atoms with Gasteiger partial charge in [0.05, 0.1) is 11.9 Å². The van der Waals surface area contributed by atoms with Crippen LogP contribution in [0.15, 0.2) is 18.5 Å². The van der Waals surface area contributed by atoms with Crippen molar-refractivity contribution in [1.29, 1.82) is 0 Å². The molecule has 0 saturated carbocycles. The Bertz CT molecular complexity index is 397. The quantitative estimate of drug-likeness (QED) is 0.810. The fraction of sp³-hybridized carbons (Fsp3) is 0.538. The van der Waals surface area contributed by atoms with Gasteiger partial charge in [-0.1, -0.05) is 6.92 Å². The van der Waals surface area contributed by atoms with Gasteiger partial charge in [0.1, 0.15) is 0 Å².